The summed E-state index contributed by atoms with van der Waals surface area (Å²) in [5.41, 5.74) is -0.800. The zero-order valence-electron chi connectivity index (χ0n) is 11.2. The first kappa shape index (κ1) is 14.7. The molecule has 0 saturated carbocycles. The Morgan fingerprint density at radius 2 is 1.70 bits per heavy atom. The van der Waals surface area contributed by atoms with E-state index in [2.05, 4.69) is 0 Å². The first-order valence-corrected chi connectivity index (χ1v) is 6.28. The fraction of sp³-hybridized carbons (Fsp3) is 0.500. The van der Waals surface area contributed by atoms with Gasteiger partial charge in [-0.1, -0.05) is 24.3 Å². The molecule has 0 unspecified atom stereocenters. The van der Waals surface area contributed by atoms with E-state index in [0.717, 1.165) is 19.4 Å². The fourth-order valence-electron chi connectivity index (χ4n) is 2.18. The van der Waals surface area contributed by atoms with Crippen molar-refractivity contribution in [3.8, 4) is 0 Å². The number of carboxylic acid groups (broad SMARTS) is 1. The van der Waals surface area contributed by atoms with Gasteiger partial charge in [0.2, 0.25) is 0 Å². The third-order valence-corrected chi connectivity index (χ3v) is 3.96. The zero-order chi connectivity index (χ0) is 15.1. The molecule has 0 aliphatic carbocycles. The van der Waals surface area contributed by atoms with E-state index in [-0.39, 0.29) is 11.5 Å². The topological polar surface area (TPSA) is 40.5 Å². The summed E-state index contributed by atoms with van der Waals surface area (Å²) in [6, 6.07) is 6.28. The normalized spacial score (nSPS) is 16.9. The van der Waals surface area contributed by atoms with Crippen LogP contribution in [0.2, 0.25) is 0 Å². The van der Waals surface area contributed by atoms with Crippen molar-refractivity contribution in [3.05, 3.63) is 35.4 Å². The quantitative estimate of drug-likeness (QED) is 0.902. The largest absolute Gasteiger partial charge is 0.465 e. The number of halogens is 3. The zero-order valence-corrected chi connectivity index (χ0v) is 11.2. The number of amides is 1. The van der Waals surface area contributed by atoms with Gasteiger partial charge >= 0.3 is 12.3 Å². The maximum absolute atomic E-state index is 12.9. The van der Waals surface area contributed by atoms with E-state index < -0.39 is 17.7 Å². The van der Waals surface area contributed by atoms with E-state index >= 15 is 0 Å². The number of alkyl halides is 3. The summed E-state index contributed by atoms with van der Waals surface area (Å²) in [4.78, 5) is 11.9. The average molecular weight is 287 g/mol. The van der Waals surface area contributed by atoms with Crippen molar-refractivity contribution in [3.63, 3.8) is 0 Å². The van der Waals surface area contributed by atoms with E-state index in [4.69, 9.17) is 5.11 Å². The molecule has 3 nitrogen and oxygen atoms in total. The smallest absolute Gasteiger partial charge is 0.407 e. The average Bonchev–Trinajstić information content (AvgIpc) is 2.25. The fourth-order valence-corrected chi connectivity index (χ4v) is 2.18. The lowest BCUT2D eigenvalue weighted by atomic mass is 9.82. The van der Waals surface area contributed by atoms with Gasteiger partial charge in [-0.05, 0) is 25.0 Å². The number of benzene rings is 1. The lowest BCUT2D eigenvalue weighted by Gasteiger charge is -2.37. The molecule has 6 heteroatoms. The number of hydrogen-bond donors (Lipinski definition) is 1. The third kappa shape index (κ3) is 2.46. The number of nitrogens with zero attached hydrogens (tertiary/aromatic N) is 1. The van der Waals surface area contributed by atoms with E-state index in [1.807, 2.05) is 0 Å². The minimum Gasteiger partial charge on any atom is -0.465 e. The van der Waals surface area contributed by atoms with Crippen LogP contribution in [0.1, 0.15) is 30.9 Å². The second kappa shape index (κ2) is 4.68. The van der Waals surface area contributed by atoms with Gasteiger partial charge in [-0.15, -0.1) is 0 Å². The molecule has 2 rings (SSSR count). The van der Waals surface area contributed by atoms with E-state index in [0.29, 0.717) is 13.1 Å². The maximum atomic E-state index is 12.9. The molecule has 1 aromatic rings. The highest BCUT2D eigenvalue weighted by Crippen LogP contribution is 2.40. The summed E-state index contributed by atoms with van der Waals surface area (Å²) in [7, 11) is 0. The molecule has 1 saturated heterocycles. The summed E-state index contributed by atoms with van der Waals surface area (Å²) in [5.74, 6) is 0.0779. The van der Waals surface area contributed by atoms with Gasteiger partial charge < -0.3 is 10.0 Å². The van der Waals surface area contributed by atoms with E-state index in [1.165, 1.54) is 17.0 Å². The molecule has 1 amide bonds. The van der Waals surface area contributed by atoms with Crippen LogP contribution in [0.4, 0.5) is 18.0 Å². The van der Waals surface area contributed by atoms with Crippen molar-refractivity contribution in [2.24, 2.45) is 0 Å². The number of rotatable bonds is 2. The molecular weight excluding hydrogens is 271 g/mol. The lowest BCUT2D eigenvalue weighted by molar-refractivity contribution is -0.180. The summed E-state index contributed by atoms with van der Waals surface area (Å²) in [5, 5.41) is 8.74. The molecule has 1 heterocycles. The van der Waals surface area contributed by atoms with Crippen molar-refractivity contribution in [1.29, 1.82) is 0 Å². The van der Waals surface area contributed by atoms with Gasteiger partial charge in [-0.2, -0.15) is 13.2 Å². The Bertz CT molecular complexity index is 502. The molecule has 1 N–H and O–H groups in total. The monoisotopic (exact) mass is 287 g/mol. The van der Waals surface area contributed by atoms with Gasteiger partial charge in [0.1, 0.15) is 0 Å². The molecular formula is C14H16F3NO2. The second-order valence-corrected chi connectivity index (χ2v) is 5.63. The highest BCUT2D eigenvalue weighted by Gasteiger charge is 2.48. The maximum Gasteiger partial charge on any atom is 0.407 e. The molecule has 1 aliphatic rings. The van der Waals surface area contributed by atoms with Crippen LogP contribution in [-0.2, 0) is 5.41 Å². The van der Waals surface area contributed by atoms with E-state index in [1.54, 1.807) is 12.1 Å². The highest BCUT2D eigenvalue weighted by molar-refractivity contribution is 5.66. The molecule has 1 fully saturated rings. The Hall–Kier alpha value is -1.72. The van der Waals surface area contributed by atoms with Gasteiger partial charge in [0.15, 0.2) is 0 Å². The Balaban J connectivity index is 2.10. The highest BCUT2D eigenvalue weighted by atomic mass is 19.4. The Morgan fingerprint density at radius 3 is 2.10 bits per heavy atom. The minimum absolute atomic E-state index is 0.0779. The van der Waals surface area contributed by atoms with Crippen LogP contribution >= 0.6 is 0 Å². The molecule has 0 aromatic heterocycles. The van der Waals surface area contributed by atoms with Crippen LogP contribution in [0.5, 0.6) is 0 Å². The van der Waals surface area contributed by atoms with Crippen LogP contribution in [0.3, 0.4) is 0 Å². The number of hydrogen-bond acceptors (Lipinski definition) is 1. The van der Waals surface area contributed by atoms with Crippen LogP contribution < -0.4 is 0 Å². The van der Waals surface area contributed by atoms with Crippen molar-refractivity contribution in [1.82, 2.24) is 4.90 Å². The molecule has 0 spiro atoms. The Labute approximate surface area is 115 Å². The van der Waals surface area contributed by atoms with Crippen LogP contribution in [-0.4, -0.2) is 35.4 Å². The predicted octanol–water partition coefficient (Wildman–Crippen LogP) is 3.60. The predicted molar refractivity (Wildman–Crippen MR) is 67.9 cm³/mol. The molecule has 0 atom stereocenters. The van der Waals surface area contributed by atoms with Gasteiger partial charge in [0.05, 0.1) is 5.41 Å². The van der Waals surface area contributed by atoms with Crippen molar-refractivity contribution < 1.29 is 23.1 Å². The summed E-state index contributed by atoms with van der Waals surface area (Å²) < 4.78 is 38.8. The summed E-state index contributed by atoms with van der Waals surface area (Å²) in [6.07, 6.45) is -5.26. The molecule has 20 heavy (non-hydrogen) atoms. The van der Waals surface area contributed by atoms with Crippen LogP contribution in [0, 0.1) is 0 Å². The third-order valence-electron chi connectivity index (χ3n) is 3.96. The Morgan fingerprint density at radius 1 is 1.20 bits per heavy atom. The van der Waals surface area contributed by atoms with Crippen molar-refractivity contribution in [2.75, 3.05) is 13.1 Å². The number of carbonyl (C=O) groups is 1. The second-order valence-electron chi connectivity index (χ2n) is 5.63. The van der Waals surface area contributed by atoms with Gasteiger partial charge in [-0.3, -0.25) is 0 Å². The Kier molecular flexibility index (Phi) is 3.44. The number of likely N-dealkylation sites (tertiary alicyclic amines) is 1. The lowest BCUT2D eigenvalue weighted by Crippen LogP contribution is -2.47. The molecule has 1 aliphatic heterocycles. The van der Waals surface area contributed by atoms with E-state index in [9.17, 15) is 18.0 Å². The SMILES string of the molecule is CC(C)(c1ccc(C2CN(C(=O)O)C2)cc1)C(F)(F)F. The standard InChI is InChI=1S/C14H16F3NO2/c1-13(2,14(15,16)17)11-5-3-9(4-6-11)10-7-18(8-10)12(19)20/h3-6,10H,7-8H2,1-2H3,(H,19,20). The first-order chi connectivity index (χ1) is 9.13. The van der Waals surface area contributed by atoms with Crippen LogP contribution in [0.25, 0.3) is 0 Å². The van der Waals surface area contributed by atoms with Gasteiger partial charge in [0.25, 0.3) is 0 Å². The minimum atomic E-state index is -4.30. The first-order valence-electron chi connectivity index (χ1n) is 6.28. The van der Waals surface area contributed by atoms with Gasteiger partial charge in [0, 0.05) is 19.0 Å². The molecule has 0 bridgehead atoms. The molecule has 1 aromatic carbocycles. The van der Waals surface area contributed by atoms with Crippen molar-refractivity contribution in [2.45, 2.75) is 31.4 Å². The molecule has 110 valence electrons. The van der Waals surface area contributed by atoms with Crippen LogP contribution in [0.15, 0.2) is 24.3 Å². The molecule has 0 radical (unpaired) electrons. The summed E-state index contributed by atoms with van der Waals surface area (Å²) >= 11 is 0. The van der Waals surface area contributed by atoms with Gasteiger partial charge in [-0.25, -0.2) is 4.79 Å². The summed E-state index contributed by atoms with van der Waals surface area (Å²) in [6.45, 7) is 3.10. The van der Waals surface area contributed by atoms with Crippen molar-refractivity contribution >= 4 is 6.09 Å².